The monoisotopic (exact) mass is 464 g/mol. The molecule has 0 aliphatic rings. The number of aliphatic hydroxyl groups is 1. The normalized spacial score (nSPS) is 13.2. The summed E-state index contributed by atoms with van der Waals surface area (Å²) in [5, 5.41) is 14.8. The Bertz CT molecular complexity index is 1270. The largest absolute Gasteiger partial charge is 0.417 e. The number of halogens is 6. The van der Waals surface area contributed by atoms with Crippen molar-refractivity contribution in [2.24, 2.45) is 0 Å². The fraction of sp³-hybridized carbons (Fsp3) is 0.130. The second-order valence-corrected chi connectivity index (χ2v) is 7.08. The van der Waals surface area contributed by atoms with Gasteiger partial charge in [-0.15, -0.1) is 0 Å². The molecule has 0 bridgehead atoms. The van der Waals surface area contributed by atoms with Crippen molar-refractivity contribution in [3.63, 3.8) is 0 Å². The Hall–Kier alpha value is -3.66. The molecule has 2 heterocycles. The molecule has 2 aromatic heterocycles. The summed E-state index contributed by atoms with van der Waals surface area (Å²) < 4.78 is 85.9. The predicted molar refractivity (Wildman–Crippen MR) is 106 cm³/mol. The van der Waals surface area contributed by atoms with Gasteiger partial charge in [-0.1, -0.05) is 41.6 Å². The van der Waals surface area contributed by atoms with Gasteiger partial charge in [-0.3, -0.25) is 4.98 Å². The Morgan fingerprint density at radius 3 is 2.27 bits per heavy atom. The van der Waals surface area contributed by atoms with Gasteiger partial charge in [0.2, 0.25) is 0 Å². The summed E-state index contributed by atoms with van der Waals surface area (Å²) in [4.78, 5) is 3.88. The van der Waals surface area contributed by atoms with Crippen LogP contribution in [-0.4, -0.2) is 15.2 Å². The summed E-state index contributed by atoms with van der Waals surface area (Å²) in [6.45, 7) is 0. The molecule has 0 fully saturated rings. The van der Waals surface area contributed by atoms with Crippen LogP contribution in [0.5, 0.6) is 0 Å². The molecule has 170 valence electrons. The molecule has 0 saturated carbocycles. The molecule has 0 radical (unpaired) electrons. The molecule has 1 unspecified atom stereocenters. The molecule has 4 aromatic rings. The lowest BCUT2D eigenvalue weighted by molar-refractivity contribution is -0.138. The molecule has 2 aromatic carbocycles. The Labute approximate surface area is 183 Å². The summed E-state index contributed by atoms with van der Waals surface area (Å²) in [5.41, 5.74) is -2.75. The topological polar surface area (TPSA) is 59.2 Å². The number of alkyl halides is 6. The lowest BCUT2D eigenvalue weighted by atomic mass is 9.92. The maximum atomic E-state index is 13.6. The molecule has 1 N–H and O–H groups in total. The van der Waals surface area contributed by atoms with Gasteiger partial charge in [-0.05, 0) is 24.3 Å². The van der Waals surface area contributed by atoms with Crippen molar-refractivity contribution in [2.75, 3.05) is 0 Å². The van der Waals surface area contributed by atoms with Gasteiger partial charge in [0, 0.05) is 29.1 Å². The van der Waals surface area contributed by atoms with Crippen LogP contribution >= 0.6 is 0 Å². The first-order valence-electron chi connectivity index (χ1n) is 9.49. The minimum atomic E-state index is -4.75. The first-order chi connectivity index (χ1) is 15.6. The molecule has 0 saturated heterocycles. The standard InChI is InChI=1S/C23H14F6N2O2/c24-22(25,26)15-7-3-5-13(11-15)19-18(20(32)14-6-4-10-30-12-14)21(33-31-19)16-8-1-2-9-17(16)23(27,28)29/h1-12,20,32H. The van der Waals surface area contributed by atoms with Crippen molar-refractivity contribution >= 4 is 0 Å². The van der Waals surface area contributed by atoms with E-state index in [9.17, 15) is 31.4 Å². The number of hydrogen-bond donors (Lipinski definition) is 1. The van der Waals surface area contributed by atoms with Crippen LogP contribution in [0.4, 0.5) is 26.3 Å². The third-order valence-corrected chi connectivity index (χ3v) is 4.94. The summed E-state index contributed by atoms with van der Waals surface area (Å²) >= 11 is 0. The van der Waals surface area contributed by atoms with Crippen LogP contribution in [0, 0.1) is 0 Å². The number of nitrogens with zero attached hydrogens (tertiary/aromatic N) is 2. The van der Waals surface area contributed by atoms with E-state index >= 15 is 0 Å². The molecule has 0 amide bonds. The average Bonchev–Trinajstić information content (AvgIpc) is 3.23. The van der Waals surface area contributed by atoms with E-state index < -0.39 is 40.9 Å². The van der Waals surface area contributed by atoms with E-state index in [2.05, 4.69) is 10.1 Å². The van der Waals surface area contributed by atoms with Gasteiger partial charge in [0.1, 0.15) is 11.8 Å². The lowest BCUT2D eigenvalue weighted by Crippen LogP contribution is -2.09. The van der Waals surface area contributed by atoms with Crippen LogP contribution < -0.4 is 0 Å². The molecule has 4 rings (SSSR count). The lowest BCUT2D eigenvalue weighted by Gasteiger charge is -2.15. The van der Waals surface area contributed by atoms with Gasteiger partial charge in [0.25, 0.3) is 0 Å². The molecule has 33 heavy (non-hydrogen) atoms. The van der Waals surface area contributed by atoms with Crippen molar-refractivity contribution in [1.29, 1.82) is 0 Å². The molecular formula is C23H14F6N2O2. The van der Waals surface area contributed by atoms with Crippen LogP contribution in [-0.2, 0) is 12.4 Å². The number of benzene rings is 2. The van der Waals surface area contributed by atoms with Crippen LogP contribution in [0.3, 0.4) is 0 Å². The second-order valence-electron chi connectivity index (χ2n) is 7.08. The highest BCUT2D eigenvalue weighted by Gasteiger charge is 2.37. The van der Waals surface area contributed by atoms with E-state index in [0.29, 0.717) is 0 Å². The second kappa shape index (κ2) is 8.36. The Morgan fingerprint density at radius 2 is 1.61 bits per heavy atom. The molecule has 10 heteroatoms. The van der Waals surface area contributed by atoms with Gasteiger partial charge in [-0.25, -0.2) is 0 Å². The van der Waals surface area contributed by atoms with Crippen molar-refractivity contribution in [3.8, 4) is 22.6 Å². The Balaban J connectivity index is 1.97. The Kier molecular flexibility index (Phi) is 5.71. The molecule has 0 aliphatic heterocycles. The first-order valence-corrected chi connectivity index (χ1v) is 9.49. The smallest absolute Gasteiger partial charge is 0.383 e. The van der Waals surface area contributed by atoms with Crippen molar-refractivity contribution < 1.29 is 36.0 Å². The van der Waals surface area contributed by atoms with E-state index in [4.69, 9.17) is 4.52 Å². The minimum Gasteiger partial charge on any atom is -0.383 e. The molecule has 4 nitrogen and oxygen atoms in total. The van der Waals surface area contributed by atoms with Crippen LogP contribution in [0.15, 0.2) is 77.6 Å². The van der Waals surface area contributed by atoms with E-state index in [1.54, 1.807) is 0 Å². The maximum absolute atomic E-state index is 13.6. The third kappa shape index (κ3) is 4.47. The highest BCUT2D eigenvalue weighted by atomic mass is 19.4. The van der Waals surface area contributed by atoms with Gasteiger partial charge in [-0.2, -0.15) is 26.3 Å². The highest BCUT2D eigenvalue weighted by molar-refractivity contribution is 5.76. The number of aromatic nitrogens is 2. The van der Waals surface area contributed by atoms with Gasteiger partial charge >= 0.3 is 12.4 Å². The third-order valence-electron chi connectivity index (χ3n) is 4.94. The summed E-state index contributed by atoms with van der Waals surface area (Å²) in [6.07, 6.45) is -8.28. The van der Waals surface area contributed by atoms with Gasteiger partial charge in [0.05, 0.1) is 16.7 Å². The Morgan fingerprint density at radius 1 is 0.848 bits per heavy atom. The zero-order valence-corrected chi connectivity index (χ0v) is 16.5. The van der Waals surface area contributed by atoms with Crippen molar-refractivity contribution in [1.82, 2.24) is 10.1 Å². The zero-order chi connectivity index (χ0) is 23.8. The SMILES string of the molecule is OC(c1cccnc1)c1c(-c2cccc(C(F)(F)F)c2)noc1-c1ccccc1C(F)(F)F. The van der Waals surface area contributed by atoms with E-state index in [1.807, 2.05) is 0 Å². The number of aliphatic hydroxyl groups excluding tert-OH is 1. The number of hydrogen-bond acceptors (Lipinski definition) is 4. The van der Waals surface area contributed by atoms with Crippen molar-refractivity contribution in [2.45, 2.75) is 18.5 Å². The first kappa shape index (κ1) is 22.5. The quantitative estimate of drug-likeness (QED) is 0.349. The number of pyridine rings is 1. The zero-order valence-electron chi connectivity index (χ0n) is 16.5. The predicted octanol–water partition coefficient (Wildman–Crippen LogP) is 6.52. The van der Waals surface area contributed by atoms with E-state index in [0.717, 1.165) is 30.3 Å². The highest BCUT2D eigenvalue weighted by Crippen LogP contribution is 2.44. The fourth-order valence-corrected chi connectivity index (χ4v) is 3.43. The molecule has 0 spiro atoms. The van der Waals surface area contributed by atoms with Crippen molar-refractivity contribution in [3.05, 3.63) is 95.3 Å². The maximum Gasteiger partial charge on any atom is 0.417 e. The van der Waals surface area contributed by atoms with Gasteiger partial charge in [0.15, 0.2) is 5.76 Å². The summed E-state index contributed by atoms with van der Waals surface area (Å²) in [7, 11) is 0. The number of rotatable bonds is 4. The van der Waals surface area contributed by atoms with Crippen LogP contribution in [0.25, 0.3) is 22.6 Å². The average molecular weight is 464 g/mol. The van der Waals surface area contributed by atoms with Gasteiger partial charge < -0.3 is 9.63 Å². The summed E-state index contributed by atoms with van der Waals surface area (Å²) in [5.74, 6) is -0.410. The van der Waals surface area contributed by atoms with E-state index in [1.165, 1.54) is 42.7 Å². The van der Waals surface area contributed by atoms with E-state index in [-0.39, 0.29) is 22.4 Å². The minimum absolute atomic E-state index is 0.0812. The fourth-order valence-electron chi connectivity index (χ4n) is 3.43. The van der Waals surface area contributed by atoms with Crippen LogP contribution in [0.2, 0.25) is 0 Å². The molecule has 0 aliphatic carbocycles. The van der Waals surface area contributed by atoms with Crippen LogP contribution in [0.1, 0.15) is 28.4 Å². The summed E-state index contributed by atoms with van der Waals surface area (Å²) in [6, 6.07) is 11.5. The molecule has 1 atom stereocenters. The molecular weight excluding hydrogens is 450 g/mol.